The van der Waals surface area contributed by atoms with Gasteiger partial charge in [-0.25, -0.2) is 4.98 Å². The highest BCUT2D eigenvalue weighted by Gasteiger charge is 2.21. The van der Waals surface area contributed by atoms with E-state index in [1.54, 1.807) is 11.8 Å². The van der Waals surface area contributed by atoms with Gasteiger partial charge in [-0.3, -0.25) is 4.79 Å². The molecule has 1 aliphatic carbocycles. The van der Waals surface area contributed by atoms with Crippen LogP contribution in [0.15, 0.2) is 64.5 Å². The van der Waals surface area contributed by atoms with E-state index < -0.39 is 0 Å². The number of hydrogen-bond acceptors (Lipinski definition) is 3. The summed E-state index contributed by atoms with van der Waals surface area (Å²) in [4.78, 5) is 19.0. The number of fused-ring (bicyclic) bond motifs is 1. The zero-order chi connectivity index (χ0) is 19.5. The lowest BCUT2D eigenvalue weighted by atomic mass is 9.87. The summed E-state index contributed by atoms with van der Waals surface area (Å²) in [5, 5.41) is 5.04. The minimum Gasteiger partial charge on any atom is -0.349 e. The molecule has 28 heavy (non-hydrogen) atoms. The molecule has 0 radical (unpaired) electrons. The second kappa shape index (κ2) is 8.36. The number of carbonyl (C=O) groups excluding carboxylic acids is 1. The fraction of sp³-hybridized carbons (Fsp3) is 0.333. The molecule has 0 unspecified atom stereocenters. The number of pyridine rings is 1. The largest absolute Gasteiger partial charge is 0.349 e. The van der Waals surface area contributed by atoms with E-state index in [1.165, 1.54) is 18.4 Å². The molecule has 0 atom stereocenters. The first-order valence-corrected chi connectivity index (χ1v) is 10.9. The van der Waals surface area contributed by atoms with Gasteiger partial charge in [0.1, 0.15) is 5.03 Å². The molecule has 1 aromatic heterocycles. The second-order valence-corrected chi connectivity index (χ2v) is 8.96. The van der Waals surface area contributed by atoms with E-state index in [-0.39, 0.29) is 11.9 Å². The van der Waals surface area contributed by atoms with Gasteiger partial charge in [-0.15, -0.1) is 0 Å². The number of aryl methyl sites for hydroxylation is 1. The molecule has 1 aliphatic rings. The fourth-order valence-corrected chi connectivity index (χ4v) is 4.62. The van der Waals surface area contributed by atoms with Gasteiger partial charge in [0.25, 0.3) is 5.91 Å². The first-order valence-electron chi connectivity index (χ1n) is 10.0. The smallest absolute Gasteiger partial charge is 0.252 e. The van der Waals surface area contributed by atoms with Gasteiger partial charge in [-0.2, -0.15) is 0 Å². The zero-order valence-electron chi connectivity index (χ0n) is 16.4. The molecule has 144 valence electrons. The van der Waals surface area contributed by atoms with Crippen molar-refractivity contribution in [3.63, 3.8) is 0 Å². The number of nitrogens with zero attached hydrogens (tertiary/aromatic N) is 1. The maximum absolute atomic E-state index is 13.1. The molecule has 3 nitrogen and oxygen atoms in total. The minimum atomic E-state index is 0.0175. The molecule has 1 amide bonds. The fourth-order valence-electron chi connectivity index (χ4n) is 3.79. The van der Waals surface area contributed by atoms with E-state index in [4.69, 9.17) is 4.98 Å². The molecular formula is C24H26N2OS. The molecule has 1 fully saturated rings. The topological polar surface area (TPSA) is 42.0 Å². The molecule has 0 bridgehead atoms. The van der Waals surface area contributed by atoms with Crippen molar-refractivity contribution in [2.24, 2.45) is 5.92 Å². The summed E-state index contributed by atoms with van der Waals surface area (Å²) in [6, 6.07) is 18.5. The monoisotopic (exact) mass is 390 g/mol. The summed E-state index contributed by atoms with van der Waals surface area (Å²) in [5.41, 5.74) is 2.82. The first kappa shape index (κ1) is 19.0. The van der Waals surface area contributed by atoms with E-state index >= 15 is 0 Å². The number of amides is 1. The van der Waals surface area contributed by atoms with Crippen molar-refractivity contribution in [3.8, 4) is 0 Å². The summed E-state index contributed by atoms with van der Waals surface area (Å²) in [5.74, 6) is 0.788. The SMILES string of the molecule is Cc1ccc(Sc2cc(C(=O)NC3CCC(C)CC3)c3ccccc3n2)cc1. The third kappa shape index (κ3) is 4.39. The van der Waals surface area contributed by atoms with E-state index in [0.717, 1.165) is 45.1 Å². The van der Waals surface area contributed by atoms with Gasteiger partial charge in [-0.05, 0) is 62.8 Å². The van der Waals surface area contributed by atoms with Crippen molar-refractivity contribution in [1.82, 2.24) is 10.3 Å². The maximum Gasteiger partial charge on any atom is 0.252 e. The number of carbonyl (C=O) groups is 1. The standard InChI is InChI=1S/C24H26N2OS/c1-16-7-11-18(12-8-16)25-24(27)21-15-23(26-22-6-4-3-5-20(21)22)28-19-13-9-17(2)10-14-19/h3-6,9-10,13-16,18H,7-8,11-12H2,1-2H3,(H,25,27). The maximum atomic E-state index is 13.1. The van der Waals surface area contributed by atoms with E-state index in [0.29, 0.717) is 0 Å². The van der Waals surface area contributed by atoms with Crippen LogP contribution in [-0.2, 0) is 0 Å². The Balaban J connectivity index is 1.62. The summed E-state index contributed by atoms with van der Waals surface area (Å²) in [6.07, 6.45) is 4.52. The normalized spacial score (nSPS) is 19.5. The van der Waals surface area contributed by atoms with Gasteiger partial charge in [0.05, 0.1) is 11.1 Å². The molecule has 3 aromatic rings. The predicted molar refractivity (Wildman–Crippen MR) is 116 cm³/mol. The van der Waals surface area contributed by atoms with Crippen molar-refractivity contribution in [1.29, 1.82) is 0 Å². The van der Waals surface area contributed by atoms with Gasteiger partial charge < -0.3 is 5.32 Å². The molecule has 2 aromatic carbocycles. The number of benzene rings is 2. The lowest BCUT2D eigenvalue weighted by Crippen LogP contribution is -2.37. The van der Waals surface area contributed by atoms with Crippen LogP contribution in [-0.4, -0.2) is 16.9 Å². The van der Waals surface area contributed by atoms with Gasteiger partial charge in [0.15, 0.2) is 0 Å². The van der Waals surface area contributed by atoms with Crippen LogP contribution in [0.4, 0.5) is 0 Å². The Kier molecular flexibility index (Phi) is 5.67. The first-order chi connectivity index (χ1) is 13.6. The van der Waals surface area contributed by atoms with Crippen LogP contribution in [0.25, 0.3) is 10.9 Å². The van der Waals surface area contributed by atoms with Crippen molar-refractivity contribution in [2.75, 3.05) is 0 Å². The highest BCUT2D eigenvalue weighted by molar-refractivity contribution is 7.99. The zero-order valence-corrected chi connectivity index (χ0v) is 17.3. The Morgan fingerprint density at radius 3 is 2.50 bits per heavy atom. The molecule has 0 aliphatic heterocycles. The van der Waals surface area contributed by atoms with Crippen LogP contribution in [0.5, 0.6) is 0 Å². The number of rotatable bonds is 4. The van der Waals surface area contributed by atoms with E-state index in [9.17, 15) is 4.79 Å². The van der Waals surface area contributed by atoms with Crippen molar-refractivity contribution >= 4 is 28.6 Å². The summed E-state index contributed by atoms with van der Waals surface area (Å²) < 4.78 is 0. The number of para-hydroxylation sites is 1. The van der Waals surface area contributed by atoms with Crippen molar-refractivity contribution in [3.05, 3.63) is 65.7 Å². The predicted octanol–water partition coefficient (Wildman–Crippen LogP) is 6.00. The molecule has 1 heterocycles. The Bertz CT molecular complexity index is 976. The molecule has 0 spiro atoms. The number of nitrogens with one attached hydrogen (secondary N) is 1. The van der Waals surface area contributed by atoms with Crippen LogP contribution in [0.3, 0.4) is 0 Å². The highest BCUT2D eigenvalue weighted by Crippen LogP contribution is 2.30. The van der Waals surface area contributed by atoms with Gasteiger partial charge >= 0.3 is 0 Å². The molecule has 4 rings (SSSR count). The third-order valence-corrected chi connectivity index (χ3v) is 6.46. The highest BCUT2D eigenvalue weighted by atomic mass is 32.2. The van der Waals surface area contributed by atoms with E-state index in [1.807, 2.05) is 30.3 Å². The van der Waals surface area contributed by atoms with Crippen molar-refractivity contribution < 1.29 is 4.79 Å². The lowest BCUT2D eigenvalue weighted by molar-refractivity contribution is 0.0924. The lowest BCUT2D eigenvalue weighted by Gasteiger charge is -2.27. The van der Waals surface area contributed by atoms with Crippen molar-refractivity contribution in [2.45, 2.75) is 55.5 Å². The molecular weight excluding hydrogens is 364 g/mol. The minimum absolute atomic E-state index is 0.0175. The molecule has 1 saturated carbocycles. The Hall–Kier alpha value is -2.33. The molecule has 1 N–H and O–H groups in total. The van der Waals surface area contributed by atoms with Gasteiger partial charge in [0.2, 0.25) is 0 Å². The third-order valence-electron chi connectivity index (χ3n) is 5.53. The Morgan fingerprint density at radius 2 is 1.75 bits per heavy atom. The molecule has 4 heteroatoms. The second-order valence-electron chi connectivity index (χ2n) is 7.87. The summed E-state index contributed by atoms with van der Waals surface area (Å²) in [6.45, 7) is 4.38. The quantitative estimate of drug-likeness (QED) is 0.594. The average Bonchev–Trinajstić information content (AvgIpc) is 2.71. The van der Waals surface area contributed by atoms with Crippen LogP contribution in [0.2, 0.25) is 0 Å². The Morgan fingerprint density at radius 1 is 1.04 bits per heavy atom. The van der Waals surface area contributed by atoms with Crippen LogP contribution in [0.1, 0.15) is 48.5 Å². The van der Waals surface area contributed by atoms with Crippen LogP contribution in [0, 0.1) is 12.8 Å². The Labute approximate surface area is 171 Å². The van der Waals surface area contributed by atoms with E-state index in [2.05, 4.69) is 43.4 Å². The van der Waals surface area contributed by atoms with Gasteiger partial charge in [-0.1, -0.05) is 54.6 Å². The van der Waals surface area contributed by atoms with Crippen LogP contribution < -0.4 is 5.32 Å². The number of aromatic nitrogens is 1. The van der Waals surface area contributed by atoms with Gasteiger partial charge in [0, 0.05) is 16.3 Å². The summed E-state index contributed by atoms with van der Waals surface area (Å²) in [7, 11) is 0. The summed E-state index contributed by atoms with van der Waals surface area (Å²) >= 11 is 1.60. The number of hydrogen-bond donors (Lipinski definition) is 1. The average molecular weight is 391 g/mol. The van der Waals surface area contributed by atoms with Crippen LogP contribution >= 0.6 is 11.8 Å². The molecule has 0 saturated heterocycles.